The zero-order valence-corrected chi connectivity index (χ0v) is 16.0. The molecule has 0 radical (unpaired) electrons. The number of fused-ring (bicyclic) bond motifs is 1. The van der Waals surface area contributed by atoms with Crippen LogP contribution in [0.4, 0.5) is 5.69 Å². The van der Waals surface area contributed by atoms with Crippen molar-refractivity contribution in [3.05, 3.63) is 86.3 Å². The lowest BCUT2D eigenvalue weighted by molar-refractivity contribution is 0.102. The lowest BCUT2D eigenvalue weighted by atomic mass is 10.2. The summed E-state index contributed by atoms with van der Waals surface area (Å²) in [5.74, 6) is 0.640. The zero-order valence-electron chi connectivity index (χ0n) is 14.4. The van der Waals surface area contributed by atoms with Gasteiger partial charge in [-0.2, -0.15) is 0 Å². The van der Waals surface area contributed by atoms with E-state index < -0.39 is 11.5 Å². The maximum absolute atomic E-state index is 12.8. The summed E-state index contributed by atoms with van der Waals surface area (Å²) >= 11 is 12.1. The van der Waals surface area contributed by atoms with E-state index in [-0.39, 0.29) is 18.9 Å². The molecule has 4 rings (SSSR count). The fourth-order valence-corrected chi connectivity index (χ4v) is 3.31. The van der Waals surface area contributed by atoms with Gasteiger partial charge in [0.2, 0.25) is 6.79 Å². The van der Waals surface area contributed by atoms with Crippen molar-refractivity contribution in [3.8, 4) is 11.5 Å². The SMILES string of the molecule is O=C(Nc1ccc2c(c1)OCO2)c1cccn(Cc2ccc(Cl)cc2Cl)c1=O. The molecule has 0 unspecified atom stereocenters. The molecule has 3 aromatic rings. The average molecular weight is 417 g/mol. The lowest BCUT2D eigenvalue weighted by Crippen LogP contribution is -2.29. The Morgan fingerprint density at radius 2 is 1.89 bits per heavy atom. The van der Waals surface area contributed by atoms with E-state index in [0.717, 1.165) is 5.56 Å². The molecule has 142 valence electrons. The Morgan fingerprint density at radius 3 is 2.71 bits per heavy atom. The molecule has 0 atom stereocenters. The van der Waals surface area contributed by atoms with Gasteiger partial charge >= 0.3 is 0 Å². The maximum atomic E-state index is 12.8. The number of rotatable bonds is 4. The Bertz CT molecular complexity index is 1130. The average Bonchev–Trinajstić information content (AvgIpc) is 3.13. The molecule has 0 saturated heterocycles. The van der Waals surface area contributed by atoms with Crippen LogP contribution in [0.5, 0.6) is 11.5 Å². The fourth-order valence-electron chi connectivity index (χ4n) is 2.84. The normalized spacial score (nSPS) is 12.1. The molecule has 1 amide bonds. The third-order valence-electron chi connectivity index (χ3n) is 4.25. The molecule has 0 saturated carbocycles. The number of carbonyl (C=O) groups is 1. The van der Waals surface area contributed by atoms with E-state index in [9.17, 15) is 9.59 Å². The first-order chi connectivity index (χ1) is 13.5. The Labute approximate surface area is 170 Å². The molecule has 2 aromatic carbocycles. The molecular weight excluding hydrogens is 403 g/mol. The summed E-state index contributed by atoms with van der Waals surface area (Å²) in [5, 5.41) is 3.67. The summed E-state index contributed by atoms with van der Waals surface area (Å²) in [5.41, 5.74) is 0.823. The number of hydrogen-bond acceptors (Lipinski definition) is 4. The molecule has 1 N–H and O–H groups in total. The van der Waals surface area contributed by atoms with Crippen LogP contribution in [0.2, 0.25) is 10.0 Å². The quantitative estimate of drug-likeness (QED) is 0.692. The number of hydrogen-bond donors (Lipinski definition) is 1. The highest BCUT2D eigenvalue weighted by atomic mass is 35.5. The van der Waals surface area contributed by atoms with Gasteiger partial charge in [0.15, 0.2) is 11.5 Å². The minimum atomic E-state index is -0.514. The van der Waals surface area contributed by atoms with Crippen LogP contribution in [0.25, 0.3) is 0 Å². The Morgan fingerprint density at radius 1 is 1.07 bits per heavy atom. The zero-order chi connectivity index (χ0) is 19.7. The molecule has 0 aliphatic carbocycles. The van der Waals surface area contributed by atoms with Gasteiger partial charge < -0.3 is 19.4 Å². The van der Waals surface area contributed by atoms with Crippen LogP contribution in [-0.4, -0.2) is 17.3 Å². The lowest BCUT2D eigenvalue weighted by Gasteiger charge is -2.10. The minimum absolute atomic E-state index is 0.0188. The van der Waals surface area contributed by atoms with Gasteiger partial charge in [-0.3, -0.25) is 9.59 Å². The molecule has 0 fully saturated rings. The van der Waals surface area contributed by atoms with E-state index in [1.807, 2.05) is 0 Å². The smallest absolute Gasteiger partial charge is 0.263 e. The van der Waals surface area contributed by atoms with E-state index in [4.69, 9.17) is 32.7 Å². The molecule has 1 aliphatic rings. The Hall–Kier alpha value is -2.96. The Balaban J connectivity index is 1.57. The molecule has 0 spiro atoms. The van der Waals surface area contributed by atoms with Gasteiger partial charge in [0, 0.05) is 28.0 Å². The largest absolute Gasteiger partial charge is 0.454 e. The van der Waals surface area contributed by atoms with Crippen LogP contribution in [0.1, 0.15) is 15.9 Å². The summed E-state index contributed by atoms with van der Waals surface area (Å²) < 4.78 is 12.0. The molecule has 0 bridgehead atoms. The van der Waals surface area contributed by atoms with Crippen LogP contribution in [0.15, 0.2) is 59.5 Å². The van der Waals surface area contributed by atoms with Gasteiger partial charge in [-0.25, -0.2) is 0 Å². The molecule has 28 heavy (non-hydrogen) atoms. The van der Waals surface area contributed by atoms with Gasteiger partial charge in [-0.05, 0) is 42.0 Å². The van der Waals surface area contributed by atoms with Crippen molar-refractivity contribution in [2.24, 2.45) is 0 Å². The standard InChI is InChI=1S/C20H14Cl2N2O4/c21-13-4-3-12(16(22)8-13)10-24-7-1-2-15(20(24)26)19(25)23-14-5-6-17-18(9-14)28-11-27-17/h1-9H,10-11H2,(H,23,25). The maximum Gasteiger partial charge on any atom is 0.263 e. The Kier molecular flexibility index (Phi) is 4.98. The molecular formula is C20H14Cl2N2O4. The number of amides is 1. The summed E-state index contributed by atoms with van der Waals surface area (Å²) in [6.07, 6.45) is 1.60. The van der Waals surface area contributed by atoms with Crippen LogP contribution >= 0.6 is 23.2 Å². The van der Waals surface area contributed by atoms with E-state index >= 15 is 0 Å². The number of aromatic nitrogens is 1. The van der Waals surface area contributed by atoms with Gasteiger partial charge in [0.1, 0.15) is 5.56 Å². The number of anilines is 1. The van der Waals surface area contributed by atoms with Gasteiger partial charge in [-0.15, -0.1) is 0 Å². The van der Waals surface area contributed by atoms with Crippen molar-refractivity contribution >= 4 is 34.8 Å². The highest BCUT2D eigenvalue weighted by Gasteiger charge is 2.17. The summed E-state index contributed by atoms with van der Waals surface area (Å²) in [6.45, 7) is 0.364. The van der Waals surface area contributed by atoms with Gasteiger partial charge in [0.25, 0.3) is 11.5 Å². The van der Waals surface area contributed by atoms with Crippen molar-refractivity contribution in [3.63, 3.8) is 0 Å². The summed E-state index contributed by atoms with van der Waals surface area (Å²) in [6, 6.07) is 13.2. The molecule has 1 aliphatic heterocycles. The first-order valence-electron chi connectivity index (χ1n) is 8.35. The van der Waals surface area contributed by atoms with E-state index in [1.54, 1.807) is 48.7 Å². The van der Waals surface area contributed by atoms with Crippen molar-refractivity contribution in [2.75, 3.05) is 12.1 Å². The first kappa shape index (κ1) is 18.4. The van der Waals surface area contributed by atoms with Crippen LogP contribution in [-0.2, 0) is 6.54 Å². The topological polar surface area (TPSA) is 69.6 Å². The predicted molar refractivity (Wildman–Crippen MR) is 107 cm³/mol. The molecule has 6 nitrogen and oxygen atoms in total. The number of pyridine rings is 1. The number of nitrogens with zero attached hydrogens (tertiary/aromatic N) is 1. The monoisotopic (exact) mass is 416 g/mol. The molecule has 2 heterocycles. The number of nitrogens with one attached hydrogen (secondary N) is 1. The van der Waals surface area contributed by atoms with Crippen molar-refractivity contribution in [1.29, 1.82) is 0 Å². The fraction of sp³-hybridized carbons (Fsp3) is 0.100. The van der Waals surface area contributed by atoms with Gasteiger partial charge in [0.05, 0.1) is 6.54 Å². The molecule has 1 aromatic heterocycles. The van der Waals surface area contributed by atoms with Crippen LogP contribution in [0.3, 0.4) is 0 Å². The third kappa shape index (κ3) is 3.69. The minimum Gasteiger partial charge on any atom is -0.454 e. The van der Waals surface area contributed by atoms with E-state index in [1.165, 1.54) is 10.6 Å². The summed E-state index contributed by atoms with van der Waals surface area (Å²) in [4.78, 5) is 25.4. The highest BCUT2D eigenvalue weighted by Crippen LogP contribution is 2.34. The summed E-state index contributed by atoms with van der Waals surface area (Å²) in [7, 11) is 0. The van der Waals surface area contributed by atoms with Crippen molar-refractivity contribution in [2.45, 2.75) is 6.54 Å². The van der Waals surface area contributed by atoms with Crippen LogP contribution in [0, 0.1) is 0 Å². The molecule has 8 heteroatoms. The number of ether oxygens (including phenoxy) is 2. The van der Waals surface area contributed by atoms with Gasteiger partial charge in [-0.1, -0.05) is 29.3 Å². The highest BCUT2D eigenvalue weighted by molar-refractivity contribution is 6.35. The van der Waals surface area contributed by atoms with Crippen molar-refractivity contribution in [1.82, 2.24) is 4.57 Å². The second-order valence-corrected chi connectivity index (χ2v) is 6.96. The number of benzene rings is 2. The third-order valence-corrected chi connectivity index (χ3v) is 4.84. The second kappa shape index (κ2) is 7.58. The predicted octanol–water partition coefficient (Wildman–Crippen LogP) is 4.18. The van der Waals surface area contributed by atoms with Crippen molar-refractivity contribution < 1.29 is 14.3 Å². The second-order valence-electron chi connectivity index (χ2n) is 6.11. The first-order valence-corrected chi connectivity index (χ1v) is 9.11. The number of carbonyl (C=O) groups excluding carboxylic acids is 1. The van der Waals surface area contributed by atoms with Crippen LogP contribution < -0.4 is 20.3 Å². The number of halogens is 2. The van der Waals surface area contributed by atoms with E-state index in [0.29, 0.717) is 27.2 Å². The van der Waals surface area contributed by atoms with E-state index in [2.05, 4.69) is 5.32 Å².